The van der Waals surface area contributed by atoms with Crippen molar-refractivity contribution in [2.24, 2.45) is 22.9 Å². The number of hydrogen-bond donors (Lipinski definition) is 2. The highest BCUT2D eigenvalue weighted by molar-refractivity contribution is 7.98. The topological polar surface area (TPSA) is 162 Å². The minimum Gasteiger partial charge on any atom is -0.459 e. The number of allylic oxidation sites excluding steroid dienone is 1. The Bertz CT molecular complexity index is 2630. The molecule has 2 N–H and O–H groups in total. The quantitative estimate of drug-likeness (QED) is 0.0223. The maximum absolute atomic E-state index is 15.1. The number of oxime groups is 1. The number of ether oxygens (including phenoxy) is 4. The van der Waals surface area contributed by atoms with Gasteiger partial charge in [0.15, 0.2) is 0 Å². The van der Waals surface area contributed by atoms with Crippen LogP contribution >= 0.6 is 11.8 Å². The van der Waals surface area contributed by atoms with E-state index < -0.39 is 34.6 Å². The number of nitrogens with zero attached hydrogens (tertiary/aromatic N) is 3. The molecule has 0 bridgehead atoms. The van der Waals surface area contributed by atoms with Gasteiger partial charge in [-0.15, -0.1) is 18.3 Å². The van der Waals surface area contributed by atoms with Gasteiger partial charge in [0.2, 0.25) is 5.79 Å². The molecule has 1 amide bonds. The average Bonchev–Trinajstić information content (AvgIpc) is 3.37. The van der Waals surface area contributed by atoms with Crippen LogP contribution in [0.25, 0.3) is 0 Å². The molecule has 366 valence electrons. The molecule has 8 rings (SSSR count). The van der Waals surface area contributed by atoms with Crippen molar-refractivity contribution in [3.63, 3.8) is 0 Å². The lowest BCUT2D eigenvalue weighted by Gasteiger charge is -2.59. The molecule has 70 heavy (non-hydrogen) atoms. The van der Waals surface area contributed by atoms with Gasteiger partial charge in [0.05, 0.1) is 23.2 Å². The molecule has 1 heterocycles. The zero-order valence-electron chi connectivity index (χ0n) is 39.1. The second kappa shape index (κ2) is 23.4. The fourth-order valence-corrected chi connectivity index (χ4v) is 10.5. The molecule has 1 fully saturated rings. The molecular formula is C55H58FN3O10S. The summed E-state index contributed by atoms with van der Waals surface area (Å²) in [5.74, 6) is -1.34. The van der Waals surface area contributed by atoms with E-state index >= 15 is 4.79 Å². The van der Waals surface area contributed by atoms with Crippen LogP contribution in [-0.2, 0) is 22.7 Å². The van der Waals surface area contributed by atoms with E-state index in [1.54, 1.807) is 30.0 Å². The van der Waals surface area contributed by atoms with Crippen LogP contribution in [0.3, 0.4) is 0 Å². The molecule has 0 aromatic heterocycles. The summed E-state index contributed by atoms with van der Waals surface area (Å²) in [6.45, 7) is 4.21. The molecule has 13 nitrogen and oxygen atoms in total. The number of nitro benzene ring substituents is 1. The highest BCUT2D eigenvalue weighted by atomic mass is 32.2. The van der Waals surface area contributed by atoms with Crippen LogP contribution in [0.4, 0.5) is 14.9 Å². The number of carbonyl (C=O) groups excluding carboxylic acids is 1. The fraction of sp³-hybridized carbons (Fsp3) is 0.345. The van der Waals surface area contributed by atoms with E-state index in [0.717, 1.165) is 47.3 Å². The zero-order valence-corrected chi connectivity index (χ0v) is 39.9. The number of aliphatic hydroxyl groups is 2. The van der Waals surface area contributed by atoms with Crippen molar-refractivity contribution in [1.29, 1.82) is 0 Å². The number of hydrogen-bond acceptors (Lipinski definition) is 12. The fourth-order valence-electron chi connectivity index (χ4n) is 10.1. The molecule has 5 aromatic rings. The number of carbonyl (C=O) groups is 1. The third-order valence-corrected chi connectivity index (χ3v) is 14.1. The second-order valence-corrected chi connectivity index (χ2v) is 18.6. The molecule has 2 aliphatic carbocycles. The first-order chi connectivity index (χ1) is 34.1. The largest absolute Gasteiger partial charge is 0.459 e. The summed E-state index contributed by atoms with van der Waals surface area (Å²) in [5, 5.41) is 36.6. The summed E-state index contributed by atoms with van der Waals surface area (Å²) >= 11 is 1.64. The Kier molecular flexibility index (Phi) is 16.7. The minimum absolute atomic E-state index is 0.0173. The maximum atomic E-state index is 15.1. The number of non-ortho nitro benzene ring substituents is 1. The first-order valence-electron chi connectivity index (χ1n) is 23.7. The summed E-state index contributed by atoms with van der Waals surface area (Å²) in [6.07, 6.45) is 9.31. The lowest BCUT2D eigenvalue weighted by Crippen LogP contribution is -2.70. The summed E-state index contributed by atoms with van der Waals surface area (Å²) in [5.41, 5.74) is 3.58. The Balaban J connectivity index is 1.34. The molecule has 0 saturated heterocycles. The minimum atomic E-state index is -1.65. The van der Waals surface area contributed by atoms with E-state index in [1.807, 2.05) is 79.1 Å². The number of rotatable bonds is 22. The number of unbranched alkanes of at least 4 members (excludes halogenated alkanes) is 2. The van der Waals surface area contributed by atoms with Crippen LogP contribution < -0.4 is 14.2 Å². The van der Waals surface area contributed by atoms with Crippen molar-refractivity contribution < 1.29 is 48.1 Å². The Morgan fingerprint density at radius 1 is 0.914 bits per heavy atom. The van der Waals surface area contributed by atoms with Gasteiger partial charge in [-0.2, -0.15) is 0 Å². The van der Waals surface area contributed by atoms with Gasteiger partial charge in [0.25, 0.3) is 5.69 Å². The van der Waals surface area contributed by atoms with Crippen molar-refractivity contribution in [1.82, 2.24) is 4.90 Å². The molecule has 0 radical (unpaired) electrons. The number of nitro groups is 1. The van der Waals surface area contributed by atoms with E-state index in [1.165, 1.54) is 41.3 Å². The van der Waals surface area contributed by atoms with E-state index in [9.17, 15) is 24.7 Å². The molecule has 0 spiro atoms. The van der Waals surface area contributed by atoms with E-state index in [4.69, 9.17) is 28.9 Å². The van der Waals surface area contributed by atoms with Gasteiger partial charge in [0, 0.05) is 54.7 Å². The summed E-state index contributed by atoms with van der Waals surface area (Å²) in [6, 6.07) is 33.4. The van der Waals surface area contributed by atoms with Crippen LogP contribution in [0.1, 0.15) is 67.6 Å². The van der Waals surface area contributed by atoms with E-state index in [-0.39, 0.29) is 68.6 Å². The molecule has 15 heteroatoms. The molecule has 1 aliphatic heterocycles. The van der Waals surface area contributed by atoms with Gasteiger partial charge < -0.3 is 34.0 Å². The normalized spacial score (nSPS) is 21.6. The number of aliphatic hydroxyl groups excluding tert-OH is 2. The average molecular weight is 972 g/mol. The second-order valence-electron chi connectivity index (χ2n) is 17.7. The van der Waals surface area contributed by atoms with Crippen molar-refractivity contribution in [3.8, 4) is 23.0 Å². The maximum Gasteiger partial charge on any atom is 0.416 e. The molecule has 3 aliphatic rings. The summed E-state index contributed by atoms with van der Waals surface area (Å²) in [7, 11) is 0. The monoisotopic (exact) mass is 971 g/mol. The Morgan fingerprint density at radius 2 is 1.61 bits per heavy atom. The number of thioether (sulfide) groups is 1. The summed E-state index contributed by atoms with van der Waals surface area (Å²) in [4.78, 5) is 35.0. The zero-order chi connectivity index (χ0) is 49.0. The number of halogens is 1. The van der Waals surface area contributed by atoms with Crippen molar-refractivity contribution >= 4 is 29.3 Å². The molecule has 6 unspecified atom stereocenters. The van der Waals surface area contributed by atoms with Gasteiger partial charge in [-0.1, -0.05) is 72.6 Å². The standard InChI is InChI=1S/C55H58FN3O10S/c1-3-31-65-55-51(58(35-37-15-17-40(56)18-16-37)54(62)68-43-21-19-41(20-22-43)59(63)64)34-49(57-66-36-38-11-5-4-6-12-38)47-32-39(13-7-9-29-60)46(14-8-10-30-61)52(53(47)55)48-33-44(25-28-50(48)69-55)67-42-23-26-45(70-2)27-24-42/h3-6,11-12,15-28,32-33,39,46,51-53,60-61H,1,7-10,13-14,29-31,34-36H2,2H3. The molecule has 6 atom stereocenters. The first-order valence-corrected chi connectivity index (χ1v) is 24.9. The van der Waals surface area contributed by atoms with Crippen LogP contribution in [-0.4, -0.2) is 69.7 Å². The van der Waals surface area contributed by atoms with Gasteiger partial charge in [0.1, 0.15) is 41.5 Å². The van der Waals surface area contributed by atoms with Crippen LogP contribution in [0, 0.1) is 33.7 Å². The SMILES string of the molecule is C=CCOC12Oc3ccc(Oc4ccc(SC)cc4)cc3C3C(CCCCO)C(CCCCO)C=C(C(=NOCc4ccccc4)CC1N(Cc1ccc(F)cc1)C(=O)Oc1ccc([N+](=O)[O-])cc1)C32. The highest BCUT2D eigenvalue weighted by Crippen LogP contribution is 2.62. The first kappa shape index (κ1) is 49.9. The van der Waals surface area contributed by atoms with Crippen LogP contribution in [0.15, 0.2) is 156 Å². The molecular weight excluding hydrogens is 914 g/mol. The van der Waals surface area contributed by atoms with E-state index in [0.29, 0.717) is 41.4 Å². The Morgan fingerprint density at radius 3 is 2.30 bits per heavy atom. The lowest BCUT2D eigenvalue weighted by atomic mass is 9.55. The molecule has 1 saturated carbocycles. The van der Waals surface area contributed by atoms with Crippen LogP contribution in [0.5, 0.6) is 23.0 Å². The predicted molar refractivity (Wildman–Crippen MR) is 266 cm³/mol. The predicted octanol–water partition coefficient (Wildman–Crippen LogP) is 11.8. The highest BCUT2D eigenvalue weighted by Gasteiger charge is 2.66. The Labute approximate surface area is 411 Å². The number of fused-ring (bicyclic) bond motifs is 2. The van der Waals surface area contributed by atoms with E-state index in [2.05, 4.69) is 12.7 Å². The van der Waals surface area contributed by atoms with Crippen molar-refractivity contribution in [3.05, 3.63) is 178 Å². The smallest absolute Gasteiger partial charge is 0.416 e. The number of benzene rings is 5. The van der Waals surface area contributed by atoms with Crippen molar-refractivity contribution in [2.75, 3.05) is 26.1 Å². The van der Waals surface area contributed by atoms with Gasteiger partial charge >= 0.3 is 6.09 Å². The third kappa shape index (κ3) is 11.4. The van der Waals surface area contributed by atoms with Gasteiger partial charge in [-0.3, -0.25) is 15.0 Å². The third-order valence-electron chi connectivity index (χ3n) is 13.3. The Hall–Kier alpha value is -6.52. The van der Waals surface area contributed by atoms with Crippen LogP contribution in [0.2, 0.25) is 0 Å². The van der Waals surface area contributed by atoms with Crippen molar-refractivity contribution in [2.45, 2.75) is 80.7 Å². The molecule has 5 aromatic carbocycles. The van der Waals surface area contributed by atoms with Gasteiger partial charge in [-0.05, 0) is 127 Å². The van der Waals surface area contributed by atoms with Gasteiger partial charge in [-0.25, -0.2) is 9.18 Å². The number of amides is 1. The summed E-state index contributed by atoms with van der Waals surface area (Å²) < 4.78 is 41.6. The lowest BCUT2D eigenvalue weighted by molar-refractivity contribution is -0.384.